The van der Waals surface area contributed by atoms with E-state index in [1.807, 2.05) is 0 Å². The van der Waals surface area contributed by atoms with Crippen LogP contribution in [0, 0.1) is 0 Å². The van der Waals surface area contributed by atoms with E-state index in [1.54, 1.807) is 26.8 Å². The molecule has 0 spiro atoms. The van der Waals surface area contributed by atoms with E-state index in [2.05, 4.69) is 11.9 Å². The molecule has 0 rings (SSSR count). The van der Waals surface area contributed by atoms with Gasteiger partial charge in [0.1, 0.15) is 11.1 Å². The molecule has 5 heteroatoms. The summed E-state index contributed by atoms with van der Waals surface area (Å²) in [7, 11) is 0. The van der Waals surface area contributed by atoms with Crippen LogP contribution < -0.4 is 5.32 Å². The van der Waals surface area contributed by atoms with Crippen molar-refractivity contribution in [3.8, 4) is 0 Å². The number of amides is 1. The maximum atomic E-state index is 11.6. The summed E-state index contributed by atoms with van der Waals surface area (Å²) in [5.74, 6) is -1.07. The van der Waals surface area contributed by atoms with Crippen LogP contribution in [0.15, 0.2) is 12.7 Å². The Hall–Kier alpha value is -1.52. The van der Waals surface area contributed by atoms with E-state index in [9.17, 15) is 14.7 Å². The van der Waals surface area contributed by atoms with Crippen molar-refractivity contribution in [1.82, 2.24) is 5.32 Å². The summed E-state index contributed by atoms with van der Waals surface area (Å²) in [6.45, 7) is 10.2. The van der Waals surface area contributed by atoms with E-state index >= 15 is 0 Å². The molecule has 0 aromatic rings. The number of unbranched alkanes of at least 4 members (excludes halogenated alkanes) is 1. The zero-order chi connectivity index (χ0) is 14.4. The molecule has 0 radical (unpaired) electrons. The van der Waals surface area contributed by atoms with Gasteiger partial charge in [0.05, 0.1) is 0 Å². The van der Waals surface area contributed by atoms with Gasteiger partial charge in [0, 0.05) is 0 Å². The van der Waals surface area contributed by atoms with Crippen LogP contribution in [0.2, 0.25) is 0 Å². The first-order valence-corrected chi connectivity index (χ1v) is 5.96. The van der Waals surface area contributed by atoms with Crippen LogP contribution in [-0.2, 0) is 9.53 Å². The summed E-state index contributed by atoms with van der Waals surface area (Å²) in [5, 5.41) is 11.6. The predicted octanol–water partition coefficient (Wildman–Crippen LogP) is 2.71. The number of carbonyl (C=O) groups excluding carboxylic acids is 1. The zero-order valence-corrected chi connectivity index (χ0v) is 11.6. The summed E-state index contributed by atoms with van der Waals surface area (Å²) >= 11 is 0. The average Bonchev–Trinajstić information content (AvgIpc) is 2.14. The Balaban J connectivity index is 4.56. The first-order valence-electron chi connectivity index (χ1n) is 5.96. The molecule has 0 heterocycles. The molecule has 2 N–H and O–H groups in total. The Morgan fingerprint density at radius 1 is 1.33 bits per heavy atom. The van der Waals surface area contributed by atoms with E-state index in [0.29, 0.717) is 19.3 Å². The van der Waals surface area contributed by atoms with Crippen LogP contribution in [0.1, 0.15) is 47.0 Å². The van der Waals surface area contributed by atoms with Crippen LogP contribution in [-0.4, -0.2) is 28.3 Å². The first-order chi connectivity index (χ1) is 8.10. The van der Waals surface area contributed by atoms with Crippen LogP contribution >= 0.6 is 0 Å². The van der Waals surface area contributed by atoms with Gasteiger partial charge in [-0.25, -0.2) is 9.59 Å². The molecule has 0 saturated carbocycles. The summed E-state index contributed by atoms with van der Waals surface area (Å²) in [4.78, 5) is 22.8. The average molecular weight is 257 g/mol. The van der Waals surface area contributed by atoms with E-state index in [0.717, 1.165) is 0 Å². The topological polar surface area (TPSA) is 75.6 Å². The van der Waals surface area contributed by atoms with Gasteiger partial charge in [-0.2, -0.15) is 0 Å². The third-order valence-electron chi connectivity index (χ3n) is 2.33. The highest BCUT2D eigenvalue weighted by molar-refractivity contribution is 5.83. The lowest BCUT2D eigenvalue weighted by atomic mass is 9.95. The van der Waals surface area contributed by atoms with Crippen LogP contribution in [0.3, 0.4) is 0 Å². The lowest BCUT2D eigenvalue weighted by molar-refractivity contribution is -0.144. The Bertz CT molecular complexity index is 319. The molecule has 0 fully saturated rings. The van der Waals surface area contributed by atoms with E-state index in [4.69, 9.17) is 4.74 Å². The number of carboxylic acids is 1. The first kappa shape index (κ1) is 16.5. The summed E-state index contributed by atoms with van der Waals surface area (Å²) in [5.41, 5.74) is -1.96. The lowest BCUT2D eigenvalue weighted by Gasteiger charge is -2.28. The molecule has 0 aliphatic heterocycles. The molecule has 0 bridgehead atoms. The fourth-order valence-corrected chi connectivity index (χ4v) is 1.35. The van der Waals surface area contributed by atoms with Crippen molar-refractivity contribution < 1.29 is 19.4 Å². The number of hydrogen-bond acceptors (Lipinski definition) is 3. The Morgan fingerprint density at radius 3 is 2.28 bits per heavy atom. The second-order valence-electron chi connectivity index (χ2n) is 5.45. The van der Waals surface area contributed by atoms with Crippen molar-refractivity contribution in [2.24, 2.45) is 0 Å². The normalized spacial score (nSPS) is 14.4. The molecular formula is C13H23NO4. The van der Waals surface area contributed by atoms with Crippen molar-refractivity contribution in [2.75, 3.05) is 0 Å². The zero-order valence-electron chi connectivity index (χ0n) is 11.6. The van der Waals surface area contributed by atoms with Gasteiger partial charge in [-0.15, -0.1) is 6.58 Å². The molecule has 5 nitrogen and oxygen atoms in total. The van der Waals surface area contributed by atoms with Gasteiger partial charge in [0.15, 0.2) is 0 Å². The molecular weight excluding hydrogens is 234 g/mol. The number of hydrogen-bond donors (Lipinski definition) is 2. The highest BCUT2D eigenvalue weighted by atomic mass is 16.6. The molecule has 18 heavy (non-hydrogen) atoms. The van der Waals surface area contributed by atoms with E-state index < -0.39 is 23.2 Å². The van der Waals surface area contributed by atoms with Crippen molar-refractivity contribution in [2.45, 2.75) is 58.1 Å². The molecule has 0 aliphatic carbocycles. The van der Waals surface area contributed by atoms with Gasteiger partial charge in [0.2, 0.25) is 0 Å². The summed E-state index contributed by atoms with van der Waals surface area (Å²) < 4.78 is 5.06. The molecule has 104 valence electrons. The molecule has 1 amide bonds. The minimum absolute atomic E-state index is 0.327. The fourth-order valence-electron chi connectivity index (χ4n) is 1.35. The number of alkyl carbamates (subject to hydrolysis) is 1. The predicted molar refractivity (Wildman–Crippen MR) is 69.5 cm³/mol. The third-order valence-corrected chi connectivity index (χ3v) is 2.33. The molecule has 0 aromatic heterocycles. The highest BCUT2D eigenvalue weighted by Crippen LogP contribution is 2.16. The van der Waals surface area contributed by atoms with Gasteiger partial charge in [-0.05, 0) is 47.0 Å². The van der Waals surface area contributed by atoms with E-state index in [1.165, 1.54) is 6.92 Å². The number of nitrogens with one attached hydrogen (secondary N) is 1. The highest BCUT2D eigenvalue weighted by Gasteiger charge is 2.35. The van der Waals surface area contributed by atoms with Crippen LogP contribution in [0.5, 0.6) is 0 Å². The second kappa shape index (κ2) is 6.42. The van der Waals surface area contributed by atoms with Crippen molar-refractivity contribution >= 4 is 12.1 Å². The molecule has 1 atom stereocenters. The summed E-state index contributed by atoms with van der Waals surface area (Å²) in [6.07, 6.45) is 2.68. The molecule has 0 saturated heterocycles. The monoisotopic (exact) mass is 257 g/mol. The van der Waals surface area contributed by atoms with Crippen molar-refractivity contribution in [1.29, 1.82) is 0 Å². The maximum absolute atomic E-state index is 11.6. The number of aliphatic carboxylic acids is 1. The SMILES string of the molecule is C=CCCC[C@](C)(NC(=O)OC(C)(C)C)C(=O)O. The Morgan fingerprint density at radius 2 is 1.89 bits per heavy atom. The van der Waals surface area contributed by atoms with Crippen molar-refractivity contribution in [3.05, 3.63) is 12.7 Å². The van der Waals surface area contributed by atoms with Crippen LogP contribution in [0.4, 0.5) is 4.79 Å². The van der Waals surface area contributed by atoms with Crippen molar-refractivity contribution in [3.63, 3.8) is 0 Å². The minimum atomic E-state index is -1.31. The molecule has 0 unspecified atom stereocenters. The van der Waals surface area contributed by atoms with Gasteiger partial charge >= 0.3 is 12.1 Å². The number of carboxylic acid groups (broad SMARTS) is 1. The van der Waals surface area contributed by atoms with Gasteiger partial charge in [-0.3, -0.25) is 0 Å². The third kappa shape index (κ3) is 6.27. The van der Waals surface area contributed by atoms with Gasteiger partial charge < -0.3 is 15.2 Å². The minimum Gasteiger partial charge on any atom is -0.480 e. The Kier molecular flexibility index (Phi) is 5.88. The van der Waals surface area contributed by atoms with Crippen LogP contribution in [0.25, 0.3) is 0 Å². The number of rotatable bonds is 6. The number of carbonyl (C=O) groups is 2. The molecule has 0 aliphatic rings. The largest absolute Gasteiger partial charge is 0.480 e. The van der Waals surface area contributed by atoms with Gasteiger partial charge in [-0.1, -0.05) is 6.08 Å². The number of allylic oxidation sites excluding steroid dienone is 1. The maximum Gasteiger partial charge on any atom is 0.408 e. The number of ether oxygens (including phenoxy) is 1. The van der Waals surface area contributed by atoms with Gasteiger partial charge in [0.25, 0.3) is 0 Å². The summed E-state index contributed by atoms with van der Waals surface area (Å²) in [6, 6.07) is 0. The quantitative estimate of drug-likeness (QED) is 0.566. The lowest BCUT2D eigenvalue weighted by Crippen LogP contribution is -2.53. The van der Waals surface area contributed by atoms with E-state index in [-0.39, 0.29) is 0 Å². The molecule has 0 aromatic carbocycles. The Labute approximate surface area is 108 Å². The smallest absolute Gasteiger partial charge is 0.408 e. The standard InChI is InChI=1S/C13H23NO4/c1-6-7-8-9-13(5,10(15)16)14-11(17)18-12(2,3)4/h6H,1,7-9H2,2-5H3,(H,14,17)(H,15,16)/t13-/m0/s1. The fraction of sp³-hybridized carbons (Fsp3) is 0.692. The second-order valence-corrected chi connectivity index (χ2v) is 5.45.